The van der Waals surface area contributed by atoms with Gasteiger partial charge in [0.2, 0.25) is 0 Å². The van der Waals surface area contributed by atoms with Gasteiger partial charge in [-0.15, -0.1) is 0 Å². The lowest BCUT2D eigenvalue weighted by molar-refractivity contribution is 1.34. The summed E-state index contributed by atoms with van der Waals surface area (Å²) in [7, 11) is 1.15. The van der Waals surface area contributed by atoms with Gasteiger partial charge < -0.3 is 0 Å². The fourth-order valence-corrected chi connectivity index (χ4v) is 0.835. The van der Waals surface area contributed by atoms with E-state index >= 15 is 0 Å². The van der Waals surface area contributed by atoms with Crippen molar-refractivity contribution in [3.63, 3.8) is 0 Å². The van der Waals surface area contributed by atoms with E-state index in [0.717, 1.165) is 7.28 Å². The number of aromatic nitrogens is 1. The summed E-state index contributed by atoms with van der Waals surface area (Å²) in [6, 6.07) is 4.08. The molecule has 0 aliphatic carbocycles. The maximum Gasteiger partial charge on any atom is 0.159 e. The normalized spacial score (nSPS) is 9.00. The number of nitrogens with zero attached hydrogens (tertiary/aromatic N) is 1. The van der Waals surface area contributed by atoms with Gasteiger partial charge in [0.1, 0.15) is 0 Å². The van der Waals surface area contributed by atoms with Crippen LogP contribution < -0.4 is 5.46 Å². The molecule has 0 saturated carbocycles. The van der Waals surface area contributed by atoms with Crippen molar-refractivity contribution in [2.24, 2.45) is 0 Å². The van der Waals surface area contributed by atoms with Crippen LogP contribution in [0.4, 0.5) is 0 Å². The van der Waals surface area contributed by atoms with Crippen molar-refractivity contribution in [1.82, 2.24) is 4.98 Å². The summed E-state index contributed by atoms with van der Waals surface area (Å²) in [6.07, 6.45) is 4.92. The number of hydrogen-bond acceptors (Lipinski definition) is 1. The van der Waals surface area contributed by atoms with Crippen LogP contribution >= 0.6 is 0 Å². The first-order valence-corrected chi connectivity index (χ1v) is 3.32. The Labute approximate surface area is 56.4 Å². The Morgan fingerprint density at radius 3 is 3.11 bits per heavy atom. The molecule has 1 rings (SSSR count). The Balaban J connectivity index is 2.61. The molecule has 1 aromatic rings. The molecule has 0 amide bonds. The average molecular weight is 119 g/mol. The summed E-state index contributed by atoms with van der Waals surface area (Å²) in [5.74, 6) is 0. The minimum Gasteiger partial charge on any atom is -0.265 e. The summed E-state index contributed by atoms with van der Waals surface area (Å²) >= 11 is 0. The van der Waals surface area contributed by atoms with E-state index in [-0.39, 0.29) is 0 Å². The summed E-state index contributed by atoms with van der Waals surface area (Å²) in [4.78, 5) is 4.00. The number of hydrogen-bond donors (Lipinski definition) is 0. The van der Waals surface area contributed by atoms with E-state index < -0.39 is 0 Å². The molecule has 2 heteroatoms. The maximum absolute atomic E-state index is 4.00. The predicted molar refractivity (Wildman–Crippen MR) is 41.5 cm³/mol. The zero-order chi connectivity index (χ0) is 6.53. The third kappa shape index (κ3) is 1.88. The van der Waals surface area contributed by atoms with Crippen LogP contribution in [-0.2, 0) is 0 Å². The molecule has 0 radical (unpaired) electrons. The van der Waals surface area contributed by atoms with Gasteiger partial charge in [0.05, 0.1) is 0 Å². The molecule has 0 bridgehead atoms. The van der Waals surface area contributed by atoms with E-state index in [2.05, 4.69) is 18.0 Å². The molecule has 0 spiro atoms. The van der Waals surface area contributed by atoms with Gasteiger partial charge in [0, 0.05) is 12.4 Å². The minimum atomic E-state index is 1.15. The lowest BCUT2D eigenvalue weighted by Gasteiger charge is -1.91. The van der Waals surface area contributed by atoms with Crippen molar-refractivity contribution in [3.8, 4) is 0 Å². The van der Waals surface area contributed by atoms with Crippen molar-refractivity contribution in [2.45, 2.75) is 13.2 Å². The SMILES string of the molecule is CCBc1cccnc1. The van der Waals surface area contributed by atoms with Gasteiger partial charge in [-0.25, -0.2) is 0 Å². The molecule has 0 saturated heterocycles. The second-order valence-corrected chi connectivity index (χ2v) is 2.11. The Morgan fingerprint density at radius 2 is 2.56 bits per heavy atom. The lowest BCUT2D eigenvalue weighted by atomic mass is 9.69. The molecule has 46 valence electrons. The lowest BCUT2D eigenvalue weighted by Crippen LogP contribution is -2.11. The molecule has 1 heterocycles. The topological polar surface area (TPSA) is 12.9 Å². The number of rotatable bonds is 2. The second-order valence-electron chi connectivity index (χ2n) is 2.11. The third-order valence-electron chi connectivity index (χ3n) is 1.26. The van der Waals surface area contributed by atoms with E-state index in [1.54, 1.807) is 6.20 Å². The van der Waals surface area contributed by atoms with E-state index in [1.807, 2.05) is 12.3 Å². The molecule has 1 nitrogen and oxygen atoms in total. The molecule has 0 fully saturated rings. The van der Waals surface area contributed by atoms with Crippen molar-refractivity contribution in [3.05, 3.63) is 24.5 Å². The molecular formula is C7H10BN. The van der Waals surface area contributed by atoms with Crippen LogP contribution in [0.2, 0.25) is 6.32 Å². The third-order valence-corrected chi connectivity index (χ3v) is 1.26. The summed E-state index contributed by atoms with van der Waals surface area (Å²) in [5.41, 5.74) is 1.33. The van der Waals surface area contributed by atoms with Gasteiger partial charge in [-0.1, -0.05) is 24.8 Å². The summed E-state index contributed by atoms with van der Waals surface area (Å²) in [5, 5.41) is 0. The maximum atomic E-state index is 4.00. The molecule has 0 N–H and O–H groups in total. The standard InChI is InChI=1S/C7H10BN/c1-2-8-7-4-3-5-9-6-7/h3-6,8H,2H2,1H3. The Kier molecular flexibility index (Phi) is 2.31. The summed E-state index contributed by atoms with van der Waals surface area (Å²) in [6.45, 7) is 2.17. The smallest absolute Gasteiger partial charge is 0.159 e. The van der Waals surface area contributed by atoms with Gasteiger partial charge in [-0.2, -0.15) is 0 Å². The van der Waals surface area contributed by atoms with Crippen LogP contribution in [0.5, 0.6) is 0 Å². The highest BCUT2D eigenvalue weighted by atomic mass is 14.6. The number of pyridine rings is 1. The molecule has 0 aliphatic rings. The molecule has 0 atom stereocenters. The predicted octanol–water partition coefficient (Wildman–Crippen LogP) is 0.582. The van der Waals surface area contributed by atoms with Gasteiger partial charge >= 0.3 is 0 Å². The highest BCUT2D eigenvalue weighted by Gasteiger charge is 1.88. The monoisotopic (exact) mass is 119 g/mol. The average Bonchev–Trinajstić information content (AvgIpc) is 1.91. The van der Waals surface area contributed by atoms with E-state index in [4.69, 9.17) is 0 Å². The first-order chi connectivity index (χ1) is 4.43. The zero-order valence-corrected chi connectivity index (χ0v) is 5.67. The van der Waals surface area contributed by atoms with E-state index in [0.29, 0.717) is 0 Å². The van der Waals surface area contributed by atoms with Gasteiger partial charge in [-0.05, 0) is 6.07 Å². The molecule has 1 aromatic heterocycles. The second kappa shape index (κ2) is 3.28. The van der Waals surface area contributed by atoms with Gasteiger partial charge in [-0.3, -0.25) is 4.98 Å². The minimum absolute atomic E-state index is 1.15. The molecular weight excluding hydrogens is 109 g/mol. The first kappa shape index (κ1) is 6.34. The summed E-state index contributed by atoms with van der Waals surface area (Å²) < 4.78 is 0. The quantitative estimate of drug-likeness (QED) is 0.519. The van der Waals surface area contributed by atoms with Crippen molar-refractivity contribution >= 4 is 12.7 Å². The van der Waals surface area contributed by atoms with Gasteiger partial charge in [0.15, 0.2) is 7.28 Å². The van der Waals surface area contributed by atoms with Crippen LogP contribution in [0, 0.1) is 0 Å². The van der Waals surface area contributed by atoms with Crippen molar-refractivity contribution in [1.29, 1.82) is 0 Å². The highest BCUT2D eigenvalue weighted by molar-refractivity contribution is 6.53. The van der Waals surface area contributed by atoms with Crippen molar-refractivity contribution in [2.75, 3.05) is 0 Å². The molecule has 9 heavy (non-hydrogen) atoms. The highest BCUT2D eigenvalue weighted by Crippen LogP contribution is 1.78. The molecule has 0 aromatic carbocycles. The van der Waals surface area contributed by atoms with Crippen molar-refractivity contribution < 1.29 is 0 Å². The largest absolute Gasteiger partial charge is 0.265 e. The molecule has 0 unspecified atom stereocenters. The first-order valence-electron chi connectivity index (χ1n) is 3.32. The zero-order valence-electron chi connectivity index (χ0n) is 5.67. The molecule has 0 aliphatic heterocycles. The van der Waals surface area contributed by atoms with Crippen LogP contribution in [0.25, 0.3) is 0 Å². The van der Waals surface area contributed by atoms with Crippen LogP contribution in [0.15, 0.2) is 24.5 Å². The fraction of sp³-hybridized carbons (Fsp3) is 0.286. The Hall–Kier alpha value is -0.785. The van der Waals surface area contributed by atoms with Crippen LogP contribution in [0.1, 0.15) is 6.92 Å². The fourth-order valence-electron chi connectivity index (χ4n) is 0.835. The van der Waals surface area contributed by atoms with E-state index in [1.165, 1.54) is 11.8 Å². The Morgan fingerprint density at radius 1 is 1.67 bits per heavy atom. The van der Waals surface area contributed by atoms with E-state index in [9.17, 15) is 0 Å². The van der Waals surface area contributed by atoms with Crippen LogP contribution in [-0.4, -0.2) is 12.3 Å². The Bertz CT molecular complexity index is 162. The van der Waals surface area contributed by atoms with Gasteiger partial charge in [0.25, 0.3) is 0 Å². The van der Waals surface area contributed by atoms with Crippen LogP contribution in [0.3, 0.4) is 0 Å².